The summed E-state index contributed by atoms with van der Waals surface area (Å²) in [4.78, 5) is 17.9. The molecular formula is C26H18Cl2F7N3O3. The van der Waals surface area contributed by atoms with E-state index in [9.17, 15) is 35.5 Å². The highest BCUT2D eigenvalue weighted by Gasteiger charge is 2.62. The van der Waals surface area contributed by atoms with Crippen molar-refractivity contribution in [3.05, 3.63) is 81.1 Å². The van der Waals surface area contributed by atoms with Crippen LogP contribution < -0.4 is 10.6 Å². The van der Waals surface area contributed by atoms with Crippen molar-refractivity contribution in [3.63, 3.8) is 0 Å². The Hall–Kier alpha value is -3.13. The number of hydrogen-bond acceptors (Lipinski definition) is 5. The fourth-order valence-corrected chi connectivity index (χ4v) is 5.06. The second-order valence-electron chi connectivity index (χ2n) is 9.39. The Bertz CT molecular complexity index is 1520. The summed E-state index contributed by atoms with van der Waals surface area (Å²) in [7, 11) is 0. The zero-order valence-electron chi connectivity index (χ0n) is 20.5. The number of alkyl halides is 6. The molecule has 1 saturated heterocycles. The summed E-state index contributed by atoms with van der Waals surface area (Å²) in [6, 6.07) is 10.8. The Kier molecular flexibility index (Phi) is 7.60. The number of amides is 1. The highest BCUT2D eigenvalue weighted by molar-refractivity contribution is 6.35. The Balaban J connectivity index is 1.38. The van der Waals surface area contributed by atoms with Crippen LogP contribution in [-0.4, -0.2) is 49.4 Å². The van der Waals surface area contributed by atoms with E-state index in [1.807, 2.05) is 0 Å². The van der Waals surface area contributed by atoms with Gasteiger partial charge in [0.25, 0.3) is 11.5 Å². The Morgan fingerprint density at radius 3 is 2.32 bits per heavy atom. The standard InChI is InChI=1S/C26H18Cl2F7N3O3/c27-17-7-12(8-18(28)21(17)29)24(26(33,34)35)9-19(38-41-24)15-5-6-16(14-4-2-1-3-13(14)15)22(39)36-10-20-23(40-20)37-11-25(30,31)32/h1-8,20,23,37H,9-11H2,(H,36,39)/t20?,23?,24-/m0/s1. The smallest absolute Gasteiger partial charge is 0.374 e. The average molecular weight is 624 g/mol. The van der Waals surface area contributed by atoms with Gasteiger partial charge in [-0.3, -0.25) is 10.1 Å². The van der Waals surface area contributed by atoms with E-state index in [-0.39, 0.29) is 23.4 Å². The number of fused-ring (bicyclic) bond motifs is 1. The minimum atomic E-state index is -5.00. The maximum Gasteiger partial charge on any atom is 0.435 e. The number of ether oxygens (including phenoxy) is 1. The van der Waals surface area contributed by atoms with Gasteiger partial charge in [0.15, 0.2) is 5.82 Å². The third-order valence-electron chi connectivity index (χ3n) is 6.67. The van der Waals surface area contributed by atoms with E-state index < -0.39 is 70.6 Å². The number of nitrogens with one attached hydrogen (secondary N) is 2. The van der Waals surface area contributed by atoms with E-state index in [0.717, 1.165) is 12.1 Å². The lowest BCUT2D eigenvalue weighted by molar-refractivity contribution is -0.275. The number of halogens is 9. The monoisotopic (exact) mass is 623 g/mol. The Morgan fingerprint density at radius 1 is 1.02 bits per heavy atom. The van der Waals surface area contributed by atoms with E-state index in [4.69, 9.17) is 32.8 Å². The van der Waals surface area contributed by atoms with Crippen LogP contribution in [-0.2, 0) is 15.2 Å². The van der Waals surface area contributed by atoms with Gasteiger partial charge in [-0.1, -0.05) is 58.7 Å². The predicted molar refractivity (Wildman–Crippen MR) is 135 cm³/mol. The average Bonchev–Trinajstić information content (AvgIpc) is 3.51. The molecule has 5 rings (SSSR count). The summed E-state index contributed by atoms with van der Waals surface area (Å²) in [5, 5.41) is 8.04. The van der Waals surface area contributed by atoms with E-state index in [2.05, 4.69) is 15.8 Å². The van der Waals surface area contributed by atoms with Crippen LogP contribution in [0.3, 0.4) is 0 Å². The molecule has 1 fully saturated rings. The largest absolute Gasteiger partial charge is 0.435 e. The second-order valence-corrected chi connectivity index (χ2v) is 10.2. The number of carbonyl (C=O) groups is 1. The van der Waals surface area contributed by atoms with Gasteiger partial charge in [-0.2, -0.15) is 26.3 Å². The van der Waals surface area contributed by atoms with E-state index >= 15 is 0 Å². The lowest BCUT2D eigenvalue weighted by atomic mass is 9.85. The third kappa shape index (κ3) is 5.81. The van der Waals surface area contributed by atoms with E-state index in [1.165, 1.54) is 12.1 Å². The molecule has 1 amide bonds. The lowest BCUT2D eigenvalue weighted by Gasteiger charge is -2.29. The SMILES string of the molecule is O=C(NCC1OC1NCC(F)(F)F)c1ccc(C2=NO[C@@](c3cc(Cl)c(F)c(Cl)c3)(C(F)(F)F)C2)c2ccccc12. The molecule has 3 aromatic carbocycles. The predicted octanol–water partition coefficient (Wildman–Crippen LogP) is 6.47. The lowest BCUT2D eigenvalue weighted by Crippen LogP contribution is -2.42. The molecule has 2 unspecified atom stereocenters. The Morgan fingerprint density at radius 2 is 1.68 bits per heavy atom. The van der Waals surface area contributed by atoms with Crippen molar-refractivity contribution >= 4 is 45.6 Å². The summed E-state index contributed by atoms with van der Waals surface area (Å²) in [5.41, 5.74) is -3.20. The maximum atomic E-state index is 14.4. The maximum absolute atomic E-state index is 14.4. The molecule has 3 aromatic rings. The molecule has 2 N–H and O–H groups in total. The minimum absolute atomic E-state index is 0.0676. The molecule has 41 heavy (non-hydrogen) atoms. The van der Waals surface area contributed by atoms with Crippen LogP contribution >= 0.6 is 23.2 Å². The van der Waals surface area contributed by atoms with Gasteiger partial charge in [-0.25, -0.2) is 4.39 Å². The molecule has 2 aliphatic heterocycles. The molecule has 0 saturated carbocycles. The summed E-state index contributed by atoms with van der Waals surface area (Å²) in [6.07, 6.45) is -11.7. The van der Waals surface area contributed by atoms with Crippen molar-refractivity contribution < 1.29 is 45.1 Å². The topological polar surface area (TPSA) is 75.3 Å². The number of benzene rings is 3. The summed E-state index contributed by atoms with van der Waals surface area (Å²) in [5.74, 6) is -1.64. The highest BCUT2D eigenvalue weighted by Crippen LogP contribution is 2.50. The van der Waals surface area contributed by atoms with Crippen LogP contribution in [0, 0.1) is 5.82 Å². The van der Waals surface area contributed by atoms with Crippen LogP contribution in [0.2, 0.25) is 10.0 Å². The third-order valence-corrected chi connectivity index (χ3v) is 7.22. The molecule has 3 atom stereocenters. The number of rotatable bonds is 7. The molecular weight excluding hydrogens is 606 g/mol. The van der Waals surface area contributed by atoms with Crippen molar-refractivity contribution in [2.24, 2.45) is 5.16 Å². The molecule has 0 aliphatic carbocycles. The first kappa shape index (κ1) is 29.4. The molecule has 0 aromatic heterocycles. The quantitative estimate of drug-likeness (QED) is 0.180. The number of oxime groups is 1. The van der Waals surface area contributed by atoms with Crippen molar-refractivity contribution in [1.82, 2.24) is 10.6 Å². The molecule has 0 spiro atoms. The van der Waals surface area contributed by atoms with Gasteiger partial charge in [0.2, 0.25) is 0 Å². The van der Waals surface area contributed by atoms with Crippen LogP contribution in [0.15, 0.2) is 53.7 Å². The minimum Gasteiger partial charge on any atom is -0.374 e. The fourth-order valence-electron chi connectivity index (χ4n) is 4.57. The van der Waals surface area contributed by atoms with Gasteiger partial charge in [-0.15, -0.1) is 0 Å². The van der Waals surface area contributed by atoms with Crippen LogP contribution in [0.5, 0.6) is 0 Å². The van der Waals surface area contributed by atoms with E-state index in [1.54, 1.807) is 24.3 Å². The summed E-state index contributed by atoms with van der Waals surface area (Å²) < 4.78 is 99.4. The summed E-state index contributed by atoms with van der Waals surface area (Å²) >= 11 is 11.5. The van der Waals surface area contributed by atoms with Crippen molar-refractivity contribution in [1.29, 1.82) is 0 Å². The number of hydrogen-bond donors (Lipinski definition) is 2. The zero-order chi connectivity index (χ0) is 29.7. The van der Waals surface area contributed by atoms with Gasteiger partial charge < -0.3 is 14.9 Å². The first-order valence-electron chi connectivity index (χ1n) is 11.9. The molecule has 218 valence electrons. The van der Waals surface area contributed by atoms with E-state index in [0.29, 0.717) is 10.8 Å². The first-order chi connectivity index (χ1) is 19.2. The first-order valence-corrected chi connectivity index (χ1v) is 12.7. The van der Waals surface area contributed by atoms with Crippen molar-refractivity contribution in [3.8, 4) is 0 Å². The van der Waals surface area contributed by atoms with Gasteiger partial charge in [0, 0.05) is 29.7 Å². The fraction of sp³-hybridized carbons (Fsp3) is 0.308. The van der Waals surface area contributed by atoms with Crippen molar-refractivity contribution in [2.45, 2.75) is 36.7 Å². The molecule has 15 heteroatoms. The molecule has 2 aliphatic rings. The molecule has 0 bridgehead atoms. The van der Waals surface area contributed by atoms with Gasteiger partial charge in [0.1, 0.15) is 12.3 Å². The van der Waals surface area contributed by atoms with Gasteiger partial charge in [0.05, 0.1) is 22.3 Å². The van der Waals surface area contributed by atoms with Crippen LogP contribution in [0.25, 0.3) is 10.8 Å². The number of carbonyl (C=O) groups excluding carboxylic acids is 1. The van der Waals surface area contributed by atoms with Crippen molar-refractivity contribution in [2.75, 3.05) is 13.1 Å². The molecule has 2 heterocycles. The number of epoxide rings is 1. The van der Waals surface area contributed by atoms with Gasteiger partial charge in [-0.05, 0) is 29.0 Å². The molecule has 0 radical (unpaired) electrons. The van der Waals surface area contributed by atoms with Crippen LogP contribution in [0.4, 0.5) is 30.7 Å². The normalized spacial score (nSPS) is 22.4. The van der Waals surface area contributed by atoms with Gasteiger partial charge >= 0.3 is 12.4 Å². The zero-order valence-corrected chi connectivity index (χ0v) is 22.0. The highest BCUT2D eigenvalue weighted by atomic mass is 35.5. The molecule has 6 nitrogen and oxygen atoms in total. The summed E-state index contributed by atoms with van der Waals surface area (Å²) in [6.45, 7) is -1.31. The number of nitrogens with zero attached hydrogens (tertiary/aromatic N) is 1. The Labute approximate surface area is 237 Å². The second kappa shape index (κ2) is 10.6. The van der Waals surface area contributed by atoms with Crippen LogP contribution in [0.1, 0.15) is 27.9 Å².